The summed E-state index contributed by atoms with van der Waals surface area (Å²) in [7, 11) is 0. The number of hydrogen-bond acceptors (Lipinski definition) is 5. The molecule has 7 heteroatoms. The molecule has 1 saturated carbocycles. The van der Waals surface area contributed by atoms with Gasteiger partial charge in [0.15, 0.2) is 0 Å². The Balaban J connectivity index is 2.44. The van der Waals surface area contributed by atoms with Gasteiger partial charge in [-0.3, -0.25) is 4.79 Å². The molecule has 2 amide bonds. The highest BCUT2D eigenvalue weighted by Gasteiger charge is 2.34. The van der Waals surface area contributed by atoms with E-state index in [0.29, 0.717) is 13.2 Å². The Bertz CT molecular complexity index is 487. The summed E-state index contributed by atoms with van der Waals surface area (Å²) in [5.41, 5.74) is -0.551. The van der Waals surface area contributed by atoms with E-state index in [2.05, 4.69) is 10.6 Å². The second-order valence-corrected chi connectivity index (χ2v) is 7.93. The molecule has 0 bridgehead atoms. The van der Waals surface area contributed by atoms with Gasteiger partial charge in [0.1, 0.15) is 11.6 Å². The normalized spacial score (nSPS) is 21.0. The Morgan fingerprint density at radius 1 is 1.19 bits per heavy atom. The van der Waals surface area contributed by atoms with E-state index in [4.69, 9.17) is 9.47 Å². The van der Waals surface area contributed by atoms with Gasteiger partial charge in [0.25, 0.3) is 0 Å². The lowest BCUT2D eigenvalue weighted by Gasteiger charge is -2.23. The van der Waals surface area contributed by atoms with Crippen LogP contribution in [0.25, 0.3) is 0 Å². The first kappa shape index (κ1) is 22.3. The molecule has 26 heavy (non-hydrogen) atoms. The molecule has 0 saturated heterocycles. The number of carbonyl (C=O) groups is 3. The molecule has 0 heterocycles. The zero-order chi connectivity index (χ0) is 19.7. The molecule has 3 atom stereocenters. The van der Waals surface area contributed by atoms with Gasteiger partial charge in [-0.2, -0.15) is 0 Å². The standard InChI is InChI=1S/C19H34N2O5/c1-6-7-11-25-17(23)13(2)21-16(22)15-10-8-9-14(15)12-20-18(24)26-19(3,4)5/h13-15H,6-12H2,1-5H3,(H,20,24)(H,21,22)/t13-,14-,15+/m0/s1. The fourth-order valence-electron chi connectivity index (χ4n) is 2.98. The Morgan fingerprint density at radius 2 is 1.88 bits per heavy atom. The maximum Gasteiger partial charge on any atom is 0.407 e. The SMILES string of the molecule is CCCCOC(=O)[C@H](C)NC(=O)[C@@H]1CCC[C@H]1CNC(=O)OC(C)(C)C. The first-order chi connectivity index (χ1) is 12.1. The Morgan fingerprint density at radius 3 is 2.50 bits per heavy atom. The number of unbranched alkanes of at least 4 members (excludes halogenated alkanes) is 1. The maximum absolute atomic E-state index is 12.5. The summed E-state index contributed by atoms with van der Waals surface area (Å²) in [4.78, 5) is 36.2. The van der Waals surface area contributed by atoms with Crippen LogP contribution in [0.15, 0.2) is 0 Å². The van der Waals surface area contributed by atoms with Crippen LogP contribution in [-0.2, 0) is 19.1 Å². The Labute approximate surface area is 156 Å². The largest absolute Gasteiger partial charge is 0.464 e. The van der Waals surface area contributed by atoms with Gasteiger partial charge in [-0.1, -0.05) is 19.8 Å². The minimum absolute atomic E-state index is 0.0471. The molecule has 2 N–H and O–H groups in total. The molecule has 7 nitrogen and oxygen atoms in total. The van der Waals surface area contributed by atoms with E-state index >= 15 is 0 Å². The summed E-state index contributed by atoms with van der Waals surface area (Å²) >= 11 is 0. The summed E-state index contributed by atoms with van der Waals surface area (Å²) in [6.07, 6.45) is 3.83. The van der Waals surface area contributed by atoms with Crippen molar-refractivity contribution in [1.82, 2.24) is 10.6 Å². The second-order valence-electron chi connectivity index (χ2n) is 7.93. The third kappa shape index (κ3) is 8.06. The number of amides is 2. The van der Waals surface area contributed by atoms with Gasteiger partial charge in [-0.25, -0.2) is 9.59 Å². The highest BCUT2D eigenvalue weighted by molar-refractivity contribution is 5.85. The van der Waals surface area contributed by atoms with Crippen molar-refractivity contribution in [1.29, 1.82) is 0 Å². The molecule has 0 aromatic rings. The van der Waals surface area contributed by atoms with Gasteiger partial charge in [-0.15, -0.1) is 0 Å². The van der Waals surface area contributed by atoms with E-state index in [-0.39, 0.29) is 17.7 Å². The van der Waals surface area contributed by atoms with Crippen LogP contribution in [-0.4, -0.2) is 42.8 Å². The molecule has 150 valence electrons. The van der Waals surface area contributed by atoms with Crippen molar-refractivity contribution in [2.24, 2.45) is 11.8 Å². The molecular formula is C19H34N2O5. The van der Waals surface area contributed by atoms with Gasteiger partial charge in [-0.05, 0) is 52.9 Å². The monoisotopic (exact) mass is 370 g/mol. The molecular weight excluding hydrogens is 336 g/mol. The number of alkyl carbamates (subject to hydrolysis) is 1. The average molecular weight is 370 g/mol. The van der Waals surface area contributed by atoms with Gasteiger partial charge >= 0.3 is 12.1 Å². The molecule has 0 aromatic heterocycles. The lowest BCUT2D eigenvalue weighted by Crippen LogP contribution is -2.45. The van der Waals surface area contributed by atoms with Crippen LogP contribution in [0.4, 0.5) is 4.79 Å². The summed E-state index contributed by atoms with van der Waals surface area (Å²) in [5.74, 6) is -0.728. The first-order valence-electron chi connectivity index (χ1n) is 9.58. The first-order valence-corrected chi connectivity index (χ1v) is 9.58. The van der Waals surface area contributed by atoms with Gasteiger partial charge in [0.05, 0.1) is 6.61 Å². The maximum atomic E-state index is 12.5. The third-order valence-electron chi connectivity index (χ3n) is 4.36. The molecule has 1 aliphatic carbocycles. The molecule has 0 aromatic carbocycles. The molecule has 0 spiro atoms. The summed E-state index contributed by atoms with van der Waals surface area (Å²) in [6, 6.07) is -0.667. The second kappa shape index (κ2) is 10.4. The van der Waals surface area contributed by atoms with Crippen molar-refractivity contribution >= 4 is 18.0 Å². The third-order valence-corrected chi connectivity index (χ3v) is 4.36. The van der Waals surface area contributed by atoms with Gasteiger partial charge in [0, 0.05) is 12.5 Å². The van der Waals surface area contributed by atoms with E-state index in [9.17, 15) is 14.4 Å². The number of nitrogens with one attached hydrogen (secondary N) is 2. The quantitative estimate of drug-likeness (QED) is 0.506. The zero-order valence-corrected chi connectivity index (χ0v) is 16.7. The van der Waals surface area contributed by atoms with E-state index in [1.807, 2.05) is 6.92 Å². The fraction of sp³-hybridized carbons (Fsp3) is 0.842. The van der Waals surface area contributed by atoms with Crippen molar-refractivity contribution in [2.45, 2.75) is 78.4 Å². The van der Waals surface area contributed by atoms with Crippen LogP contribution in [0.3, 0.4) is 0 Å². The van der Waals surface area contributed by atoms with Crippen LogP contribution in [0, 0.1) is 11.8 Å². The van der Waals surface area contributed by atoms with E-state index < -0.39 is 23.7 Å². The molecule has 1 fully saturated rings. The lowest BCUT2D eigenvalue weighted by molar-refractivity contribution is -0.148. The molecule has 1 aliphatic rings. The highest BCUT2D eigenvalue weighted by Crippen LogP contribution is 2.31. The molecule has 1 rings (SSSR count). The highest BCUT2D eigenvalue weighted by atomic mass is 16.6. The number of rotatable bonds is 8. The van der Waals surface area contributed by atoms with Gasteiger partial charge in [0.2, 0.25) is 5.91 Å². The molecule has 0 unspecified atom stereocenters. The average Bonchev–Trinajstić information content (AvgIpc) is 3.00. The van der Waals surface area contributed by atoms with Crippen LogP contribution >= 0.6 is 0 Å². The van der Waals surface area contributed by atoms with Crippen molar-refractivity contribution in [3.63, 3.8) is 0 Å². The minimum atomic E-state index is -0.667. The number of carbonyl (C=O) groups excluding carboxylic acids is 3. The fourth-order valence-corrected chi connectivity index (χ4v) is 2.98. The van der Waals surface area contributed by atoms with Crippen LogP contribution in [0.5, 0.6) is 0 Å². The van der Waals surface area contributed by atoms with E-state index in [1.54, 1.807) is 27.7 Å². The van der Waals surface area contributed by atoms with Crippen LogP contribution in [0.1, 0.15) is 66.7 Å². The topological polar surface area (TPSA) is 93.7 Å². The van der Waals surface area contributed by atoms with Crippen LogP contribution < -0.4 is 10.6 Å². The van der Waals surface area contributed by atoms with Crippen molar-refractivity contribution < 1.29 is 23.9 Å². The van der Waals surface area contributed by atoms with Gasteiger partial charge < -0.3 is 20.1 Å². The number of hydrogen-bond donors (Lipinski definition) is 2. The van der Waals surface area contributed by atoms with Crippen molar-refractivity contribution in [3.8, 4) is 0 Å². The Kier molecular flexibility index (Phi) is 8.88. The Hall–Kier alpha value is -1.79. The summed E-state index contributed by atoms with van der Waals surface area (Å²) in [6.45, 7) is 9.83. The summed E-state index contributed by atoms with van der Waals surface area (Å²) < 4.78 is 10.4. The number of ether oxygens (including phenoxy) is 2. The van der Waals surface area contributed by atoms with Crippen molar-refractivity contribution in [3.05, 3.63) is 0 Å². The van der Waals surface area contributed by atoms with E-state index in [1.165, 1.54) is 0 Å². The minimum Gasteiger partial charge on any atom is -0.464 e. The van der Waals surface area contributed by atoms with E-state index in [0.717, 1.165) is 32.1 Å². The molecule has 0 aliphatic heterocycles. The van der Waals surface area contributed by atoms with Crippen LogP contribution in [0.2, 0.25) is 0 Å². The van der Waals surface area contributed by atoms with Crippen molar-refractivity contribution in [2.75, 3.05) is 13.2 Å². The zero-order valence-electron chi connectivity index (χ0n) is 16.7. The lowest BCUT2D eigenvalue weighted by atomic mass is 9.95. The number of esters is 1. The predicted molar refractivity (Wildman–Crippen MR) is 98.5 cm³/mol. The predicted octanol–water partition coefficient (Wildman–Crippen LogP) is 2.78. The smallest absolute Gasteiger partial charge is 0.407 e. The molecule has 0 radical (unpaired) electrons. The summed E-state index contributed by atoms with van der Waals surface area (Å²) in [5, 5.41) is 5.49.